The first-order valence-corrected chi connectivity index (χ1v) is 10.3. The Labute approximate surface area is 165 Å². The maximum Gasteiger partial charge on any atom is 0.187 e. The van der Waals surface area contributed by atoms with Crippen LogP contribution in [0.1, 0.15) is 50.8 Å². The highest BCUT2D eigenvalue weighted by Gasteiger charge is 2.09. The van der Waals surface area contributed by atoms with Crippen LogP contribution < -0.4 is 0 Å². The van der Waals surface area contributed by atoms with Crippen LogP contribution in [0.15, 0.2) is 42.6 Å². The smallest absolute Gasteiger partial charge is 0.187 e. The number of unbranched alkanes of at least 4 members (excludes halogenated alkanes) is 1. The summed E-state index contributed by atoms with van der Waals surface area (Å²) >= 11 is 0. The summed E-state index contributed by atoms with van der Waals surface area (Å²) in [5, 5.41) is 0. The molecule has 4 heteroatoms. The number of aromatic amines is 1. The van der Waals surface area contributed by atoms with E-state index in [1.165, 1.54) is 56.6 Å². The number of aromatic nitrogens is 1. The average molecular weight is 367 g/mol. The number of rotatable bonds is 13. The van der Waals surface area contributed by atoms with Crippen LogP contribution in [0.25, 0.3) is 4.85 Å². The summed E-state index contributed by atoms with van der Waals surface area (Å²) in [7, 11) is 0. The third-order valence-corrected chi connectivity index (χ3v) is 4.81. The minimum Gasteiger partial charge on any atom is -0.364 e. The van der Waals surface area contributed by atoms with Crippen molar-refractivity contribution in [1.29, 1.82) is 0 Å². The third kappa shape index (κ3) is 7.99. The largest absolute Gasteiger partial charge is 0.364 e. The summed E-state index contributed by atoms with van der Waals surface area (Å²) in [6.45, 7) is 18.2. The lowest BCUT2D eigenvalue weighted by molar-refractivity contribution is 0.229. The zero-order valence-corrected chi connectivity index (χ0v) is 17.0. The van der Waals surface area contributed by atoms with Crippen molar-refractivity contribution in [2.45, 2.75) is 52.6 Å². The highest BCUT2D eigenvalue weighted by atomic mass is 15.1. The second-order valence-corrected chi connectivity index (χ2v) is 7.23. The summed E-state index contributed by atoms with van der Waals surface area (Å²) in [5.41, 5.74) is 3.24. The second kappa shape index (κ2) is 12.3. The zero-order valence-electron chi connectivity index (χ0n) is 17.0. The minimum atomic E-state index is 0.710. The van der Waals surface area contributed by atoms with Gasteiger partial charge in [-0.3, -0.25) is 4.90 Å². The van der Waals surface area contributed by atoms with E-state index >= 15 is 0 Å². The molecule has 27 heavy (non-hydrogen) atoms. The third-order valence-electron chi connectivity index (χ3n) is 4.81. The van der Waals surface area contributed by atoms with E-state index in [1.54, 1.807) is 0 Å². The van der Waals surface area contributed by atoms with Crippen molar-refractivity contribution >= 4 is 5.69 Å². The van der Waals surface area contributed by atoms with Crippen LogP contribution >= 0.6 is 0 Å². The van der Waals surface area contributed by atoms with Crippen molar-refractivity contribution in [3.63, 3.8) is 0 Å². The predicted octanol–water partition coefficient (Wildman–Crippen LogP) is 5.47. The zero-order chi connectivity index (χ0) is 19.3. The summed E-state index contributed by atoms with van der Waals surface area (Å²) in [6, 6.07) is 12.2. The molecule has 1 aromatic carbocycles. The van der Waals surface area contributed by atoms with Gasteiger partial charge in [-0.15, -0.1) is 0 Å². The van der Waals surface area contributed by atoms with E-state index in [1.807, 2.05) is 18.3 Å². The predicted molar refractivity (Wildman–Crippen MR) is 114 cm³/mol. The number of nitrogens with one attached hydrogen (secondary N) is 1. The van der Waals surface area contributed by atoms with Crippen molar-refractivity contribution in [1.82, 2.24) is 14.8 Å². The Bertz CT molecular complexity index is 649. The van der Waals surface area contributed by atoms with Gasteiger partial charge < -0.3 is 9.88 Å². The van der Waals surface area contributed by atoms with Crippen molar-refractivity contribution in [3.05, 3.63) is 65.3 Å². The molecule has 0 unspecified atom stereocenters. The topological polar surface area (TPSA) is 26.6 Å². The first-order chi connectivity index (χ1) is 13.2. The monoisotopic (exact) mass is 366 g/mol. The average Bonchev–Trinajstić information content (AvgIpc) is 3.19. The van der Waals surface area contributed by atoms with E-state index in [9.17, 15) is 0 Å². The molecular formula is C23H34N4. The molecule has 0 bridgehead atoms. The van der Waals surface area contributed by atoms with Gasteiger partial charge in [0.25, 0.3) is 0 Å². The summed E-state index contributed by atoms with van der Waals surface area (Å²) < 4.78 is 0. The molecule has 1 N–H and O–H groups in total. The Morgan fingerprint density at radius 1 is 0.852 bits per heavy atom. The lowest BCUT2D eigenvalue weighted by Gasteiger charge is -2.24. The quantitative estimate of drug-likeness (QED) is 0.376. The van der Waals surface area contributed by atoms with Crippen molar-refractivity contribution in [3.8, 4) is 0 Å². The standard InChI is InChI=1S/C23H34N4/c1-4-15-26(16-5-2)17-6-7-18-27(20-23-9-8-14-25-23)19-21-10-12-22(24-3)13-11-21/h8-14,25H,4-7,15-20H2,1-2H3. The van der Waals surface area contributed by atoms with Gasteiger partial charge >= 0.3 is 0 Å². The van der Waals surface area contributed by atoms with E-state index in [4.69, 9.17) is 6.57 Å². The first-order valence-electron chi connectivity index (χ1n) is 10.3. The highest BCUT2D eigenvalue weighted by molar-refractivity contribution is 5.45. The minimum absolute atomic E-state index is 0.710. The van der Waals surface area contributed by atoms with Crippen molar-refractivity contribution in [2.24, 2.45) is 0 Å². The van der Waals surface area contributed by atoms with Gasteiger partial charge in [0.1, 0.15) is 0 Å². The lowest BCUT2D eigenvalue weighted by atomic mass is 10.1. The Kier molecular flexibility index (Phi) is 9.68. The fraction of sp³-hybridized carbons (Fsp3) is 0.522. The van der Waals surface area contributed by atoms with Gasteiger partial charge in [0.05, 0.1) is 6.57 Å². The van der Waals surface area contributed by atoms with Crippen LogP contribution in [0.5, 0.6) is 0 Å². The van der Waals surface area contributed by atoms with Crippen LogP contribution in [-0.2, 0) is 13.1 Å². The molecule has 1 aromatic heterocycles. The van der Waals surface area contributed by atoms with Crippen LogP contribution in [0.2, 0.25) is 0 Å². The van der Waals surface area contributed by atoms with E-state index in [0.717, 1.165) is 19.6 Å². The van der Waals surface area contributed by atoms with E-state index in [2.05, 4.69) is 57.7 Å². The lowest BCUT2D eigenvalue weighted by Crippen LogP contribution is -2.28. The molecule has 0 fully saturated rings. The maximum atomic E-state index is 7.10. The van der Waals surface area contributed by atoms with E-state index in [-0.39, 0.29) is 0 Å². The number of hydrogen-bond acceptors (Lipinski definition) is 2. The molecule has 2 rings (SSSR count). The summed E-state index contributed by atoms with van der Waals surface area (Å²) in [4.78, 5) is 11.9. The molecule has 0 saturated carbocycles. The van der Waals surface area contributed by atoms with Gasteiger partial charge in [-0.1, -0.05) is 38.1 Å². The highest BCUT2D eigenvalue weighted by Crippen LogP contribution is 2.15. The molecule has 146 valence electrons. The molecule has 0 aliphatic rings. The molecule has 0 saturated heterocycles. The van der Waals surface area contributed by atoms with Crippen LogP contribution in [0.3, 0.4) is 0 Å². The second-order valence-electron chi connectivity index (χ2n) is 7.23. The Balaban J connectivity index is 1.86. The molecule has 0 spiro atoms. The van der Waals surface area contributed by atoms with E-state index in [0.29, 0.717) is 5.69 Å². The van der Waals surface area contributed by atoms with Gasteiger partial charge in [-0.05, 0) is 69.6 Å². The molecule has 0 amide bonds. The van der Waals surface area contributed by atoms with Crippen LogP contribution in [0, 0.1) is 6.57 Å². The number of nitrogens with zero attached hydrogens (tertiary/aromatic N) is 3. The maximum absolute atomic E-state index is 7.10. The number of hydrogen-bond donors (Lipinski definition) is 1. The summed E-state index contributed by atoms with van der Waals surface area (Å²) in [5.74, 6) is 0. The Hall–Kier alpha value is -2.09. The van der Waals surface area contributed by atoms with Gasteiger partial charge in [-0.25, -0.2) is 4.85 Å². The van der Waals surface area contributed by atoms with Gasteiger partial charge in [-0.2, -0.15) is 0 Å². The van der Waals surface area contributed by atoms with Gasteiger partial charge in [0.2, 0.25) is 0 Å². The van der Waals surface area contributed by atoms with Gasteiger partial charge in [0, 0.05) is 25.0 Å². The molecule has 0 radical (unpaired) electrons. The molecule has 0 aliphatic carbocycles. The first kappa shape index (κ1) is 21.2. The number of H-pyrrole nitrogens is 1. The SMILES string of the molecule is [C-]#[N+]c1ccc(CN(CCCCN(CCC)CCC)Cc2ccc[nH]2)cc1. The molecule has 4 nitrogen and oxygen atoms in total. The molecule has 0 aliphatic heterocycles. The molecular weight excluding hydrogens is 332 g/mol. The molecule has 2 aromatic rings. The fourth-order valence-corrected chi connectivity index (χ4v) is 3.49. The fourth-order valence-electron chi connectivity index (χ4n) is 3.49. The molecule has 0 atom stereocenters. The van der Waals surface area contributed by atoms with E-state index < -0.39 is 0 Å². The number of benzene rings is 1. The van der Waals surface area contributed by atoms with Crippen LogP contribution in [0.4, 0.5) is 5.69 Å². The van der Waals surface area contributed by atoms with Crippen molar-refractivity contribution < 1.29 is 0 Å². The molecule has 1 heterocycles. The van der Waals surface area contributed by atoms with Gasteiger partial charge in [0.15, 0.2) is 5.69 Å². The van der Waals surface area contributed by atoms with Crippen molar-refractivity contribution in [2.75, 3.05) is 26.2 Å². The Morgan fingerprint density at radius 3 is 2.07 bits per heavy atom. The normalized spacial score (nSPS) is 11.2. The summed E-state index contributed by atoms with van der Waals surface area (Å²) in [6.07, 6.45) is 6.92. The Morgan fingerprint density at radius 2 is 1.52 bits per heavy atom. The van der Waals surface area contributed by atoms with Crippen LogP contribution in [-0.4, -0.2) is 41.0 Å².